The average molecular weight is 259 g/mol. The van der Waals surface area contributed by atoms with E-state index in [2.05, 4.69) is 6.07 Å². The number of para-hydroxylation sites is 1. The fourth-order valence-corrected chi connectivity index (χ4v) is 2.03. The van der Waals surface area contributed by atoms with Gasteiger partial charge in [-0.3, -0.25) is 0 Å². The smallest absolute Gasteiger partial charge is 0.496 e. The first kappa shape index (κ1) is 13.9. The zero-order chi connectivity index (χ0) is 14.3. The van der Waals surface area contributed by atoms with Gasteiger partial charge in [0.1, 0.15) is 11.8 Å². The minimum atomic E-state index is -0.520. The van der Waals surface area contributed by atoms with E-state index >= 15 is 0 Å². The summed E-state index contributed by atoms with van der Waals surface area (Å²) in [6.45, 7) is 7.97. The van der Waals surface area contributed by atoms with Crippen LogP contribution in [-0.2, 0) is 9.31 Å². The van der Waals surface area contributed by atoms with Gasteiger partial charge < -0.3 is 14.0 Å². The van der Waals surface area contributed by atoms with Crippen LogP contribution in [0.5, 0.6) is 5.75 Å². The van der Waals surface area contributed by atoms with Crippen molar-refractivity contribution in [2.24, 2.45) is 0 Å². The van der Waals surface area contributed by atoms with Crippen molar-refractivity contribution in [1.29, 1.82) is 5.26 Å². The van der Waals surface area contributed by atoms with Gasteiger partial charge >= 0.3 is 7.12 Å². The van der Waals surface area contributed by atoms with E-state index in [1.807, 2.05) is 33.8 Å². The Hall–Kier alpha value is -1.51. The van der Waals surface area contributed by atoms with E-state index < -0.39 is 18.3 Å². The average Bonchev–Trinajstić information content (AvgIpc) is 2.57. The molecule has 1 aliphatic rings. The maximum atomic E-state index is 9.11. The van der Waals surface area contributed by atoms with Crippen molar-refractivity contribution in [3.05, 3.63) is 23.8 Å². The van der Waals surface area contributed by atoms with Crippen molar-refractivity contribution in [3.63, 3.8) is 0 Å². The second-order valence-corrected chi connectivity index (χ2v) is 5.63. The molecule has 1 aromatic carbocycles. The molecule has 1 aliphatic heterocycles. The van der Waals surface area contributed by atoms with Gasteiger partial charge in [-0.2, -0.15) is 5.26 Å². The van der Waals surface area contributed by atoms with Crippen LogP contribution in [-0.4, -0.2) is 25.4 Å². The Kier molecular flexibility index (Phi) is 3.33. The topological polar surface area (TPSA) is 51.5 Å². The highest BCUT2D eigenvalue weighted by Crippen LogP contribution is 2.37. The predicted octanol–water partition coefficient (Wildman–Crippen LogP) is 1.87. The fraction of sp³-hybridized carbons (Fsp3) is 0.500. The highest BCUT2D eigenvalue weighted by Gasteiger charge is 2.52. The molecule has 0 amide bonds. The van der Waals surface area contributed by atoms with Crippen LogP contribution in [0.1, 0.15) is 33.3 Å². The summed E-state index contributed by atoms with van der Waals surface area (Å²) in [5.41, 5.74) is 0.409. The van der Waals surface area contributed by atoms with Gasteiger partial charge in [0.15, 0.2) is 0 Å². The molecule has 1 heterocycles. The van der Waals surface area contributed by atoms with E-state index in [9.17, 15) is 0 Å². The summed E-state index contributed by atoms with van der Waals surface area (Å²) in [6, 6.07) is 7.50. The minimum absolute atomic E-state index is 0.411. The molecule has 19 heavy (non-hydrogen) atoms. The Morgan fingerprint density at radius 2 is 1.74 bits per heavy atom. The standard InChI is InChI=1S/C14H18BNO3/c1-13(2)14(3,4)19-15(18-13)11-8-6-7-10(9-16)12(11)17-5/h6-8H,1-5H3. The number of rotatable bonds is 2. The Morgan fingerprint density at radius 3 is 2.21 bits per heavy atom. The molecule has 100 valence electrons. The summed E-state index contributed by atoms with van der Waals surface area (Å²) in [5, 5.41) is 9.11. The van der Waals surface area contributed by atoms with Crippen LogP contribution < -0.4 is 10.2 Å². The Morgan fingerprint density at radius 1 is 1.16 bits per heavy atom. The number of benzene rings is 1. The summed E-state index contributed by atoms with van der Waals surface area (Å²) in [6.07, 6.45) is 0. The lowest BCUT2D eigenvalue weighted by Crippen LogP contribution is -2.41. The summed E-state index contributed by atoms with van der Waals surface area (Å²) in [7, 11) is 1.03. The van der Waals surface area contributed by atoms with Crippen LogP contribution in [0.15, 0.2) is 18.2 Å². The second-order valence-electron chi connectivity index (χ2n) is 5.63. The molecule has 0 unspecified atom stereocenters. The van der Waals surface area contributed by atoms with Gasteiger partial charge in [0.05, 0.1) is 23.9 Å². The first-order valence-electron chi connectivity index (χ1n) is 6.25. The number of nitriles is 1. The molecule has 1 aromatic rings. The molecule has 1 saturated heterocycles. The minimum Gasteiger partial charge on any atom is -0.496 e. The molecule has 0 spiro atoms. The lowest BCUT2D eigenvalue weighted by Gasteiger charge is -2.32. The van der Waals surface area contributed by atoms with Gasteiger partial charge in [-0.1, -0.05) is 12.1 Å². The quantitative estimate of drug-likeness (QED) is 0.761. The van der Waals surface area contributed by atoms with E-state index in [0.717, 1.165) is 5.46 Å². The van der Waals surface area contributed by atoms with Gasteiger partial charge in [-0.25, -0.2) is 0 Å². The molecule has 5 heteroatoms. The van der Waals surface area contributed by atoms with Crippen LogP contribution in [0.4, 0.5) is 0 Å². The monoisotopic (exact) mass is 259 g/mol. The lowest BCUT2D eigenvalue weighted by atomic mass is 9.77. The first-order chi connectivity index (χ1) is 8.82. The molecule has 0 atom stereocenters. The highest BCUT2D eigenvalue weighted by molar-refractivity contribution is 6.63. The molecule has 2 rings (SSSR count). The van der Waals surface area contributed by atoms with Crippen molar-refractivity contribution in [1.82, 2.24) is 0 Å². The maximum absolute atomic E-state index is 9.11. The summed E-state index contributed by atoms with van der Waals surface area (Å²) in [4.78, 5) is 0. The second kappa shape index (κ2) is 4.55. The van der Waals surface area contributed by atoms with Crippen molar-refractivity contribution < 1.29 is 14.0 Å². The van der Waals surface area contributed by atoms with E-state index in [0.29, 0.717) is 11.3 Å². The maximum Gasteiger partial charge on any atom is 0.498 e. The molecule has 0 saturated carbocycles. The molecular weight excluding hydrogens is 241 g/mol. The largest absolute Gasteiger partial charge is 0.498 e. The van der Waals surface area contributed by atoms with E-state index in [-0.39, 0.29) is 0 Å². The summed E-state index contributed by atoms with van der Waals surface area (Å²) in [5.74, 6) is 0.517. The van der Waals surface area contributed by atoms with Crippen LogP contribution in [0.25, 0.3) is 0 Å². The molecule has 0 aliphatic carbocycles. The molecular formula is C14H18BNO3. The van der Waals surface area contributed by atoms with E-state index in [1.54, 1.807) is 19.2 Å². The zero-order valence-electron chi connectivity index (χ0n) is 12.0. The van der Waals surface area contributed by atoms with Crippen LogP contribution in [0, 0.1) is 11.3 Å². The van der Waals surface area contributed by atoms with E-state index in [4.69, 9.17) is 19.3 Å². The SMILES string of the molecule is COc1c(C#N)cccc1B1OC(C)(C)C(C)(C)O1. The molecule has 1 fully saturated rings. The number of methoxy groups -OCH3 is 1. The third-order valence-electron chi connectivity index (χ3n) is 3.88. The Balaban J connectivity index is 2.43. The predicted molar refractivity (Wildman–Crippen MR) is 73.4 cm³/mol. The molecule has 4 nitrogen and oxygen atoms in total. The third-order valence-corrected chi connectivity index (χ3v) is 3.88. The van der Waals surface area contributed by atoms with Crippen LogP contribution in [0.2, 0.25) is 0 Å². The normalized spacial score (nSPS) is 20.1. The van der Waals surface area contributed by atoms with Gasteiger partial charge in [-0.15, -0.1) is 0 Å². The lowest BCUT2D eigenvalue weighted by molar-refractivity contribution is 0.00578. The molecule has 0 aromatic heterocycles. The number of hydrogen-bond acceptors (Lipinski definition) is 4. The summed E-state index contributed by atoms with van der Waals surface area (Å²) >= 11 is 0. The van der Waals surface area contributed by atoms with Crippen molar-refractivity contribution in [2.75, 3.05) is 7.11 Å². The van der Waals surface area contributed by atoms with Gasteiger partial charge in [0, 0.05) is 5.46 Å². The Bertz CT molecular complexity index is 518. The molecule has 0 N–H and O–H groups in total. The molecule has 0 radical (unpaired) electrons. The number of ether oxygens (including phenoxy) is 1. The number of hydrogen-bond donors (Lipinski definition) is 0. The highest BCUT2D eigenvalue weighted by atomic mass is 16.7. The van der Waals surface area contributed by atoms with E-state index in [1.165, 1.54) is 0 Å². The Labute approximate surface area is 114 Å². The van der Waals surface area contributed by atoms with Crippen molar-refractivity contribution >= 4 is 12.6 Å². The number of nitrogens with zero attached hydrogens (tertiary/aromatic N) is 1. The van der Waals surface area contributed by atoms with Crippen LogP contribution >= 0.6 is 0 Å². The molecule has 0 bridgehead atoms. The first-order valence-corrected chi connectivity index (χ1v) is 6.25. The third kappa shape index (κ3) is 2.22. The van der Waals surface area contributed by atoms with Gasteiger partial charge in [0.2, 0.25) is 0 Å². The zero-order valence-corrected chi connectivity index (χ0v) is 12.0. The fourth-order valence-electron chi connectivity index (χ4n) is 2.03. The van der Waals surface area contributed by atoms with Crippen molar-refractivity contribution in [3.8, 4) is 11.8 Å². The van der Waals surface area contributed by atoms with Crippen LogP contribution in [0.3, 0.4) is 0 Å². The van der Waals surface area contributed by atoms with Gasteiger partial charge in [-0.05, 0) is 33.8 Å². The van der Waals surface area contributed by atoms with Gasteiger partial charge in [0.25, 0.3) is 0 Å². The summed E-state index contributed by atoms with van der Waals surface area (Å²) < 4.78 is 17.3. The van der Waals surface area contributed by atoms with Crippen molar-refractivity contribution in [2.45, 2.75) is 38.9 Å².